The first-order chi connectivity index (χ1) is 14.1. The molecule has 2 heterocycles. The Labute approximate surface area is 166 Å². The van der Waals surface area contributed by atoms with Crippen LogP contribution in [0.15, 0.2) is 27.4 Å². The van der Waals surface area contributed by atoms with Crippen molar-refractivity contribution in [3.05, 3.63) is 34.0 Å². The topological polar surface area (TPSA) is 201 Å². The van der Waals surface area contributed by atoms with Gasteiger partial charge in [0.1, 0.15) is 53.0 Å². The van der Waals surface area contributed by atoms with E-state index >= 15 is 0 Å². The molecule has 160 valence electrons. The van der Waals surface area contributed by atoms with E-state index in [9.17, 15) is 45.6 Å². The van der Waals surface area contributed by atoms with E-state index in [-0.39, 0.29) is 16.5 Å². The molecule has 1 aliphatic heterocycles. The van der Waals surface area contributed by atoms with Gasteiger partial charge in [0.2, 0.25) is 5.43 Å². The fourth-order valence-corrected chi connectivity index (χ4v) is 3.65. The zero-order chi connectivity index (χ0) is 21.9. The maximum Gasteiger partial charge on any atom is 0.204 e. The molecule has 11 heteroatoms. The van der Waals surface area contributed by atoms with Crippen LogP contribution in [-0.4, -0.2) is 71.9 Å². The van der Waals surface area contributed by atoms with Gasteiger partial charge in [-0.2, -0.15) is 0 Å². The van der Waals surface area contributed by atoms with Gasteiger partial charge in [-0.1, -0.05) is 0 Å². The summed E-state index contributed by atoms with van der Waals surface area (Å²) < 4.78 is 11.0. The zero-order valence-corrected chi connectivity index (χ0v) is 15.1. The summed E-state index contributed by atoms with van der Waals surface area (Å²) in [4.78, 5) is 12.9. The first-order valence-electron chi connectivity index (χ1n) is 8.83. The van der Waals surface area contributed by atoms with Crippen molar-refractivity contribution in [3.63, 3.8) is 0 Å². The molecule has 0 aliphatic carbocycles. The standard InChI is InChI=1S/C19H18O11/c20-4-11-15(26)16(27)17(28)19(30-11)13-9(24)2-8(23)12-14(25)5-1-6(21)7(22)3-10(5)29-18(12)13/h1-3,11,15-17,19-24,26-28H,4H2. The first kappa shape index (κ1) is 20.2. The molecule has 1 aliphatic rings. The van der Waals surface area contributed by atoms with Crippen molar-refractivity contribution in [1.82, 2.24) is 0 Å². The van der Waals surface area contributed by atoms with E-state index in [0.29, 0.717) is 0 Å². The SMILES string of the molecule is O=c1c2cc(O)c(O)cc2oc2c(C3OC(CO)C(O)C(O)C3O)c(O)cc(O)c12. The fourth-order valence-electron chi connectivity index (χ4n) is 3.65. The Hall–Kier alpha value is -3.09. The van der Waals surface area contributed by atoms with E-state index in [1.165, 1.54) is 0 Å². The monoisotopic (exact) mass is 422 g/mol. The molecule has 4 rings (SSSR count). The quantitative estimate of drug-likeness (QED) is 0.191. The Morgan fingerprint density at radius 2 is 1.50 bits per heavy atom. The second kappa shape index (κ2) is 7.00. The lowest BCUT2D eigenvalue weighted by Crippen LogP contribution is -2.55. The molecule has 0 bridgehead atoms. The number of hydrogen-bond acceptors (Lipinski definition) is 11. The lowest BCUT2D eigenvalue weighted by atomic mass is 9.89. The Balaban J connectivity index is 2.05. The molecule has 5 unspecified atom stereocenters. The summed E-state index contributed by atoms with van der Waals surface area (Å²) in [7, 11) is 0. The van der Waals surface area contributed by atoms with Gasteiger partial charge < -0.3 is 50.0 Å². The molecule has 0 radical (unpaired) electrons. The van der Waals surface area contributed by atoms with Crippen LogP contribution in [0.25, 0.3) is 21.9 Å². The molecule has 0 amide bonds. The van der Waals surface area contributed by atoms with Gasteiger partial charge in [-0.3, -0.25) is 4.79 Å². The summed E-state index contributed by atoms with van der Waals surface area (Å²) in [5, 5.41) is 79.3. The number of phenolic OH excluding ortho intramolecular Hbond substituents is 4. The molecule has 11 nitrogen and oxygen atoms in total. The van der Waals surface area contributed by atoms with Crippen LogP contribution in [0.5, 0.6) is 23.0 Å². The van der Waals surface area contributed by atoms with Crippen molar-refractivity contribution in [3.8, 4) is 23.0 Å². The number of aliphatic hydroxyl groups is 4. The molecule has 3 aromatic rings. The normalized spacial score (nSPS) is 27.0. The minimum Gasteiger partial charge on any atom is -0.507 e. The molecule has 1 fully saturated rings. The van der Waals surface area contributed by atoms with Gasteiger partial charge in [-0.15, -0.1) is 0 Å². The second-order valence-corrected chi connectivity index (χ2v) is 7.05. The van der Waals surface area contributed by atoms with Crippen molar-refractivity contribution >= 4 is 21.9 Å². The summed E-state index contributed by atoms with van der Waals surface area (Å²) in [6, 6.07) is 2.70. The Morgan fingerprint density at radius 1 is 0.833 bits per heavy atom. The number of aromatic hydroxyl groups is 4. The van der Waals surface area contributed by atoms with Crippen LogP contribution in [0.4, 0.5) is 0 Å². The van der Waals surface area contributed by atoms with Crippen LogP contribution in [0.3, 0.4) is 0 Å². The summed E-state index contributed by atoms with van der Waals surface area (Å²) in [5.41, 5.74) is -1.77. The van der Waals surface area contributed by atoms with Gasteiger partial charge in [-0.25, -0.2) is 0 Å². The highest BCUT2D eigenvalue weighted by molar-refractivity contribution is 5.96. The molecule has 2 aromatic carbocycles. The van der Waals surface area contributed by atoms with E-state index in [0.717, 1.165) is 18.2 Å². The third-order valence-electron chi connectivity index (χ3n) is 5.21. The maximum atomic E-state index is 12.9. The van der Waals surface area contributed by atoms with E-state index < -0.39 is 76.5 Å². The van der Waals surface area contributed by atoms with Gasteiger partial charge in [0.05, 0.1) is 17.6 Å². The van der Waals surface area contributed by atoms with E-state index in [1.807, 2.05) is 0 Å². The smallest absolute Gasteiger partial charge is 0.204 e. The van der Waals surface area contributed by atoms with Crippen LogP contribution in [0.1, 0.15) is 11.7 Å². The number of benzene rings is 2. The van der Waals surface area contributed by atoms with E-state index in [1.54, 1.807) is 0 Å². The van der Waals surface area contributed by atoms with E-state index in [4.69, 9.17) is 9.15 Å². The molecule has 0 spiro atoms. The summed E-state index contributed by atoms with van der Waals surface area (Å²) in [6.45, 7) is -0.724. The highest BCUT2D eigenvalue weighted by atomic mass is 16.5. The number of phenols is 4. The number of rotatable bonds is 2. The number of ether oxygens (including phenoxy) is 1. The third kappa shape index (κ3) is 2.83. The first-order valence-corrected chi connectivity index (χ1v) is 8.83. The van der Waals surface area contributed by atoms with Crippen molar-refractivity contribution < 1.29 is 50.0 Å². The number of aliphatic hydroxyl groups excluding tert-OH is 4. The molecule has 30 heavy (non-hydrogen) atoms. The van der Waals surface area contributed by atoms with Crippen LogP contribution in [-0.2, 0) is 4.74 Å². The predicted octanol–water partition coefficient (Wildman–Crippen LogP) is -0.717. The molecular formula is C19H18O11. The highest BCUT2D eigenvalue weighted by Gasteiger charge is 2.46. The minimum atomic E-state index is -1.80. The van der Waals surface area contributed by atoms with Gasteiger partial charge >= 0.3 is 0 Å². The van der Waals surface area contributed by atoms with Crippen LogP contribution in [0.2, 0.25) is 0 Å². The Kier molecular flexibility index (Phi) is 4.71. The minimum absolute atomic E-state index is 0.182. The second-order valence-electron chi connectivity index (χ2n) is 7.05. The maximum absolute atomic E-state index is 12.9. The van der Waals surface area contributed by atoms with Crippen LogP contribution >= 0.6 is 0 Å². The fraction of sp³-hybridized carbons (Fsp3) is 0.316. The summed E-state index contributed by atoms with van der Waals surface area (Å²) >= 11 is 0. The average molecular weight is 422 g/mol. The van der Waals surface area contributed by atoms with Gasteiger partial charge in [0.25, 0.3) is 0 Å². The number of hydrogen-bond donors (Lipinski definition) is 8. The molecular weight excluding hydrogens is 404 g/mol. The number of fused-ring (bicyclic) bond motifs is 2. The van der Waals surface area contributed by atoms with Gasteiger partial charge in [0, 0.05) is 12.1 Å². The van der Waals surface area contributed by atoms with Crippen LogP contribution < -0.4 is 5.43 Å². The summed E-state index contributed by atoms with van der Waals surface area (Å²) in [5.74, 6) is -2.51. The van der Waals surface area contributed by atoms with Gasteiger partial charge in [0.15, 0.2) is 17.1 Å². The van der Waals surface area contributed by atoms with Crippen LogP contribution in [0, 0.1) is 0 Å². The molecule has 0 saturated carbocycles. The van der Waals surface area contributed by atoms with Gasteiger partial charge in [-0.05, 0) is 6.07 Å². The Morgan fingerprint density at radius 3 is 2.17 bits per heavy atom. The lowest BCUT2D eigenvalue weighted by Gasteiger charge is -2.40. The zero-order valence-electron chi connectivity index (χ0n) is 15.1. The van der Waals surface area contributed by atoms with Crippen molar-refractivity contribution in [2.45, 2.75) is 30.5 Å². The molecule has 5 atom stereocenters. The molecule has 8 N–H and O–H groups in total. The average Bonchev–Trinajstić information content (AvgIpc) is 2.69. The molecule has 1 saturated heterocycles. The van der Waals surface area contributed by atoms with Crippen molar-refractivity contribution in [2.75, 3.05) is 6.61 Å². The van der Waals surface area contributed by atoms with Crippen molar-refractivity contribution in [2.24, 2.45) is 0 Å². The van der Waals surface area contributed by atoms with E-state index in [2.05, 4.69) is 0 Å². The molecule has 1 aromatic heterocycles. The third-order valence-corrected chi connectivity index (χ3v) is 5.21. The predicted molar refractivity (Wildman–Crippen MR) is 99.4 cm³/mol. The Bertz CT molecular complexity index is 1200. The highest BCUT2D eigenvalue weighted by Crippen LogP contribution is 2.44. The lowest BCUT2D eigenvalue weighted by molar-refractivity contribution is -0.231. The largest absolute Gasteiger partial charge is 0.507 e. The van der Waals surface area contributed by atoms with Crippen molar-refractivity contribution in [1.29, 1.82) is 0 Å². The summed E-state index contributed by atoms with van der Waals surface area (Å²) in [6.07, 6.45) is -8.08.